The molecule has 0 saturated heterocycles. The van der Waals surface area contributed by atoms with Gasteiger partial charge in [-0.2, -0.15) is 0 Å². The van der Waals surface area contributed by atoms with E-state index in [-0.39, 0.29) is 6.03 Å². The van der Waals surface area contributed by atoms with Crippen LogP contribution in [-0.2, 0) is 6.42 Å². The second kappa shape index (κ2) is 9.56. The number of ether oxygens (including phenoxy) is 3. The van der Waals surface area contributed by atoms with Crippen LogP contribution in [0.15, 0.2) is 36.4 Å². The van der Waals surface area contributed by atoms with Crippen molar-refractivity contribution in [2.24, 2.45) is 0 Å². The van der Waals surface area contributed by atoms with E-state index in [0.29, 0.717) is 42.5 Å². The van der Waals surface area contributed by atoms with Gasteiger partial charge in [0.1, 0.15) is 5.75 Å². The van der Waals surface area contributed by atoms with E-state index in [4.69, 9.17) is 14.2 Å². The first-order valence-corrected chi connectivity index (χ1v) is 8.56. The number of carbonyl (C=O) groups is 1. The Labute approximate surface area is 154 Å². The van der Waals surface area contributed by atoms with Gasteiger partial charge in [-0.1, -0.05) is 12.1 Å². The Hall–Kier alpha value is -2.89. The van der Waals surface area contributed by atoms with E-state index in [2.05, 4.69) is 10.6 Å². The van der Waals surface area contributed by atoms with Crippen molar-refractivity contribution in [2.75, 3.05) is 32.7 Å². The maximum atomic E-state index is 12.1. The fourth-order valence-electron chi connectivity index (χ4n) is 2.53. The van der Waals surface area contributed by atoms with Crippen molar-refractivity contribution in [3.8, 4) is 17.2 Å². The third kappa shape index (κ3) is 5.31. The van der Waals surface area contributed by atoms with Crippen LogP contribution in [0.3, 0.4) is 0 Å². The molecule has 2 amide bonds. The van der Waals surface area contributed by atoms with Crippen LogP contribution in [0.1, 0.15) is 18.1 Å². The molecule has 0 radical (unpaired) electrons. The largest absolute Gasteiger partial charge is 0.493 e. The Balaban J connectivity index is 1.90. The van der Waals surface area contributed by atoms with Crippen LogP contribution in [0.25, 0.3) is 0 Å². The second-order valence-electron chi connectivity index (χ2n) is 5.75. The monoisotopic (exact) mass is 358 g/mol. The van der Waals surface area contributed by atoms with Gasteiger partial charge in [-0.25, -0.2) is 4.79 Å². The van der Waals surface area contributed by atoms with Crippen LogP contribution < -0.4 is 24.8 Å². The maximum Gasteiger partial charge on any atom is 0.319 e. The minimum atomic E-state index is -0.268. The van der Waals surface area contributed by atoms with Crippen molar-refractivity contribution in [2.45, 2.75) is 20.3 Å². The lowest BCUT2D eigenvalue weighted by Gasteiger charge is -2.13. The molecule has 0 aromatic heterocycles. The molecule has 0 bridgehead atoms. The number of hydrogen-bond acceptors (Lipinski definition) is 4. The lowest BCUT2D eigenvalue weighted by atomic mass is 10.1. The van der Waals surface area contributed by atoms with Crippen molar-refractivity contribution in [3.63, 3.8) is 0 Å². The highest BCUT2D eigenvalue weighted by Gasteiger charge is 2.09. The molecule has 6 heteroatoms. The number of amides is 2. The number of methoxy groups -OCH3 is 2. The second-order valence-corrected chi connectivity index (χ2v) is 5.75. The molecule has 0 spiro atoms. The molecule has 0 heterocycles. The summed E-state index contributed by atoms with van der Waals surface area (Å²) in [6.07, 6.45) is 0.681. The predicted molar refractivity (Wildman–Crippen MR) is 103 cm³/mol. The smallest absolute Gasteiger partial charge is 0.319 e. The molecular formula is C20H26N2O4. The molecule has 0 aliphatic carbocycles. The van der Waals surface area contributed by atoms with E-state index < -0.39 is 0 Å². The molecule has 0 unspecified atom stereocenters. The molecule has 0 fully saturated rings. The van der Waals surface area contributed by atoms with Crippen LogP contribution in [0.5, 0.6) is 17.2 Å². The lowest BCUT2D eigenvalue weighted by Crippen LogP contribution is -2.30. The summed E-state index contributed by atoms with van der Waals surface area (Å²) in [5, 5.41) is 5.68. The number of aryl methyl sites for hydroxylation is 1. The summed E-state index contributed by atoms with van der Waals surface area (Å²) >= 11 is 0. The average Bonchev–Trinajstić information content (AvgIpc) is 2.64. The van der Waals surface area contributed by atoms with Crippen LogP contribution in [0, 0.1) is 6.92 Å². The zero-order chi connectivity index (χ0) is 18.9. The zero-order valence-corrected chi connectivity index (χ0v) is 15.7. The first-order chi connectivity index (χ1) is 12.6. The van der Waals surface area contributed by atoms with Gasteiger partial charge in [0.25, 0.3) is 0 Å². The summed E-state index contributed by atoms with van der Waals surface area (Å²) in [6.45, 7) is 4.93. The number of carbonyl (C=O) groups excluding carboxylic acids is 1. The van der Waals surface area contributed by atoms with Crippen molar-refractivity contribution >= 4 is 11.7 Å². The first kappa shape index (κ1) is 19.4. The Kier molecular flexibility index (Phi) is 7.14. The van der Waals surface area contributed by atoms with E-state index in [1.165, 1.54) is 0 Å². The predicted octanol–water partition coefficient (Wildman–Crippen LogP) is 3.78. The Morgan fingerprint density at radius 1 is 1.00 bits per heavy atom. The molecule has 2 aromatic rings. The van der Waals surface area contributed by atoms with Gasteiger partial charge in [0, 0.05) is 6.54 Å². The SMILES string of the molecule is CCOc1cc(C)ccc1NC(=O)NCCc1ccc(OC)c(OC)c1. The summed E-state index contributed by atoms with van der Waals surface area (Å²) in [5.74, 6) is 2.03. The first-order valence-electron chi connectivity index (χ1n) is 8.56. The highest BCUT2D eigenvalue weighted by atomic mass is 16.5. The molecule has 6 nitrogen and oxygen atoms in total. The number of rotatable bonds is 8. The highest BCUT2D eigenvalue weighted by molar-refractivity contribution is 5.91. The molecule has 2 aromatic carbocycles. The fourth-order valence-corrected chi connectivity index (χ4v) is 2.53. The summed E-state index contributed by atoms with van der Waals surface area (Å²) in [5.41, 5.74) is 2.78. The maximum absolute atomic E-state index is 12.1. The summed E-state index contributed by atoms with van der Waals surface area (Å²) in [6, 6.07) is 11.1. The van der Waals surface area contributed by atoms with E-state index in [9.17, 15) is 4.79 Å². The molecule has 140 valence electrons. The molecular weight excluding hydrogens is 332 g/mol. The lowest BCUT2D eigenvalue weighted by molar-refractivity contribution is 0.252. The number of urea groups is 1. The van der Waals surface area contributed by atoms with E-state index in [0.717, 1.165) is 11.1 Å². The standard InChI is InChI=1S/C20H26N2O4/c1-5-26-18-12-14(2)6-8-16(18)22-20(23)21-11-10-15-7-9-17(24-3)19(13-15)25-4/h6-9,12-13H,5,10-11H2,1-4H3,(H2,21,22,23). The van der Waals surface area contributed by atoms with Gasteiger partial charge in [-0.3, -0.25) is 0 Å². The Morgan fingerprint density at radius 3 is 2.46 bits per heavy atom. The Morgan fingerprint density at radius 2 is 1.77 bits per heavy atom. The minimum Gasteiger partial charge on any atom is -0.493 e. The van der Waals surface area contributed by atoms with E-state index in [1.807, 2.05) is 50.2 Å². The number of hydrogen-bond donors (Lipinski definition) is 2. The topological polar surface area (TPSA) is 68.8 Å². The van der Waals surface area contributed by atoms with E-state index >= 15 is 0 Å². The third-order valence-corrected chi connectivity index (χ3v) is 3.83. The van der Waals surface area contributed by atoms with Gasteiger partial charge in [-0.15, -0.1) is 0 Å². The van der Waals surface area contributed by atoms with Crippen molar-refractivity contribution in [3.05, 3.63) is 47.5 Å². The average molecular weight is 358 g/mol. The van der Waals surface area contributed by atoms with Crippen molar-refractivity contribution in [1.29, 1.82) is 0 Å². The van der Waals surface area contributed by atoms with Crippen molar-refractivity contribution < 1.29 is 19.0 Å². The van der Waals surface area contributed by atoms with E-state index in [1.54, 1.807) is 14.2 Å². The van der Waals surface area contributed by atoms with Crippen LogP contribution in [0.2, 0.25) is 0 Å². The Bertz CT molecular complexity index is 747. The normalized spacial score (nSPS) is 10.2. The minimum absolute atomic E-state index is 0.268. The molecule has 0 saturated carbocycles. The highest BCUT2D eigenvalue weighted by Crippen LogP contribution is 2.28. The fraction of sp³-hybridized carbons (Fsp3) is 0.350. The van der Waals surface area contributed by atoms with Gasteiger partial charge < -0.3 is 24.8 Å². The molecule has 0 aliphatic heterocycles. The number of benzene rings is 2. The van der Waals surface area contributed by atoms with Crippen LogP contribution >= 0.6 is 0 Å². The number of nitrogens with one attached hydrogen (secondary N) is 2. The van der Waals surface area contributed by atoms with Gasteiger partial charge >= 0.3 is 6.03 Å². The van der Waals surface area contributed by atoms with Crippen LogP contribution in [0.4, 0.5) is 10.5 Å². The number of anilines is 1. The summed E-state index contributed by atoms with van der Waals surface area (Å²) in [4.78, 5) is 12.1. The molecule has 26 heavy (non-hydrogen) atoms. The van der Waals surface area contributed by atoms with Gasteiger partial charge in [0.15, 0.2) is 11.5 Å². The molecule has 0 aliphatic rings. The zero-order valence-electron chi connectivity index (χ0n) is 15.7. The molecule has 2 rings (SSSR count). The van der Waals surface area contributed by atoms with Gasteiger partial charge in [-0.05, 0) is 55.7 Å². The molecule has 2 N–H and O–H groups in total. The van der Waals surface area contributed by atoms with Gasteiger partial charge in [0.2, 0.25) is 0 Å². The van der Waals surface area contributed by atoms with Gasteiger partial charge in [0.05, 0.1) is 26.5 Å². The summed E-state index contributed by atoms with van der Waals surface area (Å²) < 4.78 is 16.1. The quantitative estimate of drug-likeness (QED) is 0.754. The third-order valence-electron chi connectivity index (χ3n) is 3.83. The molecule has 0 atom stereocenters. The van der Waals surface area contributed by atoms with Crippen LogP contribution in [-0.4, -0.2) is 33.4 Å². The van der Waals surface area contributed by atoms with Crippen molar-refractivity contribution in [1.82, 2.24) is 5.32 Å². The summed E-state index contributed by atoms with van der Waals surface area (Å²) in [7, 11) is 3.20.